The minimum Gasteiger partial charge on any atom is -0.350 e. The molecule has 3 rings (SSSR count). The van der Waals surface area contributed by atoms with Crippen LogP contribution in [0, 0.1) is 5.92 Å². The fraction of sp³-hybridized carbons (Fsp3) is 0.318. The summed E-state index contributed by atoms with van der Waals surface area (Å²) in [5, 5.41) is 8.43. The molecule has 0 aromatic heterocycles. The number of benzene rings is 2. The Bertz CT molecular complexity index is 847. The van der Waals surface area contributed by atoms with E-state index in [9.17, 15) is 14.4 Å². The molecule has 1 fully saturated rings. The Hall–Kier alpha value is -3.15. The molecule has 28 heavy (non-hydrogen) atoms. The smallest absolute Gasteiger partial charge is 0.251 e. The van der Waals surface area contributed by atoms with Crippen molar-refractivity contribution in [3.05, 3.63) is 65.7 Å². The third kappa shape index (κ3) is 5.19. The highest BCUT2D eigenvalue weighted by Gasteiger charge is 2.25. The van der Waals surface area contributed by atoms with Gasteiger partial charge in [0, 0.05) is 23.7 Å². The van der Waals surface area contributed by atoms with Crippen molar-refractivity contribution in [3.8, 4) is 0 Å². The largest absolute Gasteiger partial charge is 0.350 e. The van der Waals surface area contributed by atoms with Crippen molar-refractivity contribution < 1.29 is 14.4 Å². The van der Waals surface area contributed by atoms with Crippen LogP contribution in [-0.4, -0.2) is 23.8 Å². The second-order valence-electron chi connectivity index (χ2n) is 7.10. The van der Waals surface area contributed by atoms with Gasteiger partial charge in [-0.25, -0.2) is 0 Å². The number of hydrogen-bond acceptors (Lipinski definition) is 3. The molecule has 0 radical (unpaired) electrons. The molecule has 0 aliphatic heterocycles. The summed E-state index contributed by atoms with van der Waals surface area (Å²) in [7, 11) is 0. The van der Waals surface area contributed by atoms with Gasteiger partial charge in [-0.2, -0.15) is 0 Å². The first-order valence-electron chi connectivity index (χ1n) is 9.56. The van der Waals surface area contributed by atoms with Crippen LogP contribution in [0.1, 0.15) is 42.1 Å². The first kappa shape index (κ1) is 19.6. The van der Waals surface area contributed by atoms with Gasteiger partial charge in [0.1, 0.15) is 6.04 Å². The molecule has 0 heterocycles. The van der Waals surface area contributed by atoms with E-state index >= 15 is 0 Å². The molecule has 2 aromatic rings. The zero-order chi connectivity index (χ0) is 19.9. The topological polar surface area (TPSA) is 87.3 Å². The Morgan fingerprint density at radius 2 is 1.79 bits per heavy atom. The van der Waals surface area contributed by atoms with E-state index in [-0.39, 0.29) is 23.6 Å². The number of rotatable bonds is 7. The molecule has 0 spiro atoms. The molecular weight excluding hydrogens is 354 g/mol. The van der Waals surface area contributed by atoms with Crippen LogP contribution in [0.2, 0.25) is 0 Å². The maximum atomic E-state index is 12.3. The van der Waals surface area contributed by atoms with Crippen LogP contribution in [0.3, 0.4) is 0 Å². The third-order valence-electron chi connectivity index (χ3n) is 4.91. The molecule has 0 bridgehead atoms. The van der Waals surface area contributed by atoms with Gasteiger partial charge in [-0.1, -0.05) is 36.8 Å². The second-order valence-corrected chi connectivity index (χ2v) is 7.10. The van der Waals surface area contributed by atoms with Crippen molar-refractivity contribution in [1.29, 1.82) is 0 Å². The fourth-order valence-electron chi connectivity index (χ4n) is 2.95. The van der Waals surface area contributed by atoms with Crippen LogP contribution >= 0.6 is 0 Å². The SMILES string of the molecule is CC(NC(=O)c1ccccc1)C(=O)NCc1cccc(NC(=O)C2CCC2)c1. The van der Waals surface area contributed by atoms with E-state index in [1.54, 1.807) is 31.2 Å². The molecular formula is C22H25N3O3. The summed E-state index contributed by atoms with van der Waals surface area (Å²) in [5.41, 5.74) is 2.12. The van der Waals surface area contributed by atoms with Crippen molar-refractivity contribution in [3.63, 3.8) is 0 Å². The van der Waals surface area contributed by atoms with Crippen LogP contribution in [0.15, 0.2) is 54.6 Å². The van der Waals surface area contributed by atoms with Gasteiger partial charge in [0.25, 0.3) is 5.91 Å². The Morgan fingerprint density at radius 3 is 2.46 bits per heavy atom. The van der Waals surface area contributed by atoms with Gasteiger partial charge in [-0.3, -0.25) is 14.4 Å². The highest BCUT2D eigenvalue weighted by atomic mass is 16.2. The Balaban J connectivity index is 1.49. The zero-order valence-corrected chi connectivity index (χ0v) is 15.9. The van der Waals surface area contributed by atoms with Crippen LogP contribution in [0.25, 0.3) is 0 Å². The van der Waals surface area contributed by atoms with Crippen molar-refractivity contribution in [2.24, 2.45) is 5.92 Å². The Morgan fingerprint density at radius 1 is 1.04 bits per heavy atom. The summed E-state index contributed by atoms with van der Waals surface area (Å²) in [6, 6.07) is 15.5. The van der Waals surface area contributed by atoms with Crippen LogP contribution in [-0.2, 0) is 16.1 Å². The predicted octanol–water partition coefficient (Wildman–Crippen LogP) is 2.86. The summed E-state index contributed by atoms with van der Waals surface area (Å²) in [6.45, 7) is 1.96. The van der Waals surface area contributed by atoms with Gasteiger partial charge in [-0.15, -0.1) is 0 Å². The lowest BCUT2D eigenvalue weighted by Gasteiger charge is -2.24. The molecule has 0 saturated heterocycles. The summed E-state index contributed by atoms with van der Waals surface area (Å²) in [4.78, 5) is 36.5. The van der Waals surface area contributed by atoms with Crippen LogP contribution in [0.4, 0.5) is 5.69 Å². The number of carbonyl (C=O) groups is 3. The lowest BCUT2D eigenvalue weighted by atomic mass is 9.85. The van der Waals surface area contributed by atoms with Gasteiger partial charge >= 0.3 is 0 Å². The number of amides is 3. The van der Waals surface area contributed by atoms with Gasteiger partial charge in [0.05, 0.1) is 0 Å². The molecule has 146 valence electrons. The predicted molar refractivity (Wildman–Crippen MR) is 108 cm³/mol. The van der Waals surface area contributed by atoms with Crippen molar-refractivity contribution in [1.82, 2.24) is 10.6 Å². The zero-order valence-electron chi connectivity index (χ0n) is 15.9. The van der Waals surface area contributed by atoms with E-state index in [2.05, 4.69) is 16.0 Å². The molecule has 3 amide bonds. The fourth-order valence-corrected chi connectivity index (χ4v) is 2.95. The highest BCUT2D eigenvalue weighted by Crippen LogP contribution is 2.27. The first-order valence-corrected chi connectivity index (χ1v) is 9.56. The molecule has 2 aromatic carbocycles. The van der Waals surface area contributed by atoms with Gasteiger partial charge in [-0.05, 0) is 49.6 Å². The van der Waals surface area contributed by atoms with Gasteiger partial charge in [0.2, 0.25) is 11.8 Å². The minimum absolute atomic E-state index is 0.0599. The number of carbonyl (C=O) groups excluding carboxylic acids is 3. The van der Waals surface area contributed by atoms with Crippen LogP contribution < -0.4 is 16.0 Å². The highest BCUT2D eigenvalue weighted by molar-refractivity contribution is 5.97. The Kier molecular flexibility index (Phi) is 6.42. The summed E-state index contributed by atoms with van der Waals surface area (Å²) < 4.78 is 0. The molecule has 1 aliphatic carbocycles. The molecule has 6 heteroatoms. The number of nitrogens with one attached hydrogen (secondary N) is 3. The second kappa shape index (κ2) is 9.17. The van der Waals surface area contributed by atoms with E-state index in [1.165, 1.54) is 0 Å². The summed E-state index contributed by atoms with van der Waals surface area (Å²) in [5.74, 6) is -0.376. The maximum Gasteiger partial charge on any atom is 0.251 e. The number of anilines is 1. The molecule has 1 saturated carbocycles. The average Bonchev–Trinajstić information content (AvgIpc) is 2.65. The van der Waals surface area contributed by atoms with Crippen molar-refractivity contribution in [2.75, 3.05) is 5.32 Å². The van der Waals surface area contributed by atoms with Crippen molar-refractivity contribution in [2.45, 2.75) is 38.8 Å². The molecule has 1 atom stereocenters. The molecule has 6 nitrogen and oxygen atoms in total. The molecule has 1 aliphatic rings. The lowest BCUT2D eigenvalue weighted by molar-refractivity contribution is -0.123. The molecule has 1 unspecified atom stereocenters. The maximum absolute atomic E-state index is 12.3. The van der Waals surface area contributed by atoms with E-state index in [0.29, 0.717) is 12.1 Å². The Labute approximate surface area is 164 Å². The van der Waals surface area contributed by atoms with E-state index in [1.807, 2.05) is 30.3 Å². The standard InChI is InChI=1S/C22H25N3O3/c1-15(24-21(27)17-8-3-2-4-9-17)20(26)23-14-16-7-5-12-19(13-16)25-22(28)18-10-6-11-18/h2-5,7-9,12-13,15,18H,6,10-11,14H2,1H3,(H,23,26)(H,24,27)(H,25,28). The molecule has 3 N–H and O–H groups in total. The first-order chi connectivity index (χ1) is 13.5. The normalized spacial score (nSPS) is 14.5. The monoisotopic (exact) mass is 379 g/mol. The average molecular weight is 379 g/mol. The minimum atomic E-state index is -0.658. The summed E-state index contributed by atoms with van der Waals surface area (Å²) >= 11 is 0. The van der Waals surface area contributed by atoms with Gasteiger partial charge < -0.3 is 16.0 Å². The van der Waals surface area contributed by atoms with E-state index < -0.39 is 6.04 Å². The van der Waals surface area contributed by atoms with Crippen molar-refractivity contribution >= 4 is 23.4 Å². The lowest BCUT2D eigenvalue weighted by Crippen LogP contribution is -2.44. The van der Waals surface area contributed by atoms with E-state index in [4.69, 9.17) is 0 Å². The van der Waals surface area contributed by atoms with Crippen LogP contribution in [0.5, 0.6) is 0 Å². The quantitative estimate of drug-likeness (QED) is 0.691. The van der Waals surface area contributed by atoms with E-state index in [0.717, 1.165) is 30.5 Å². The summed E-state index contributed by atoms with van der Waals surface area (Å²) in [6.07, 6.45) is 3.02. The van der Waals surface area contributed by atoms with Gasteiger partial charge in [0.15, 0.2) is 0 Å². The number of hydrogen-bond donors (Lipinski definition) is 3. The third-order valence-corrected chi connectivity index (χ3v) is 4.91.